The van der Waals surface area contributed by atoms with Gasteiger partial charge >= 0.3 is 0 Å². The minimum Gasteiger partial charge on any atom is -0.381 e. The van der Waals surface area contributed by atoms with E-state index in [1.54, 1.807) is 12.5 Å². The molecule has 0 spiro atoms. The maximum Gasteiger partial charge on any atom is 0.223 e. The van der Waals surface area contributed by atoms with Gasteiger partial charge in [-0.05, 0) is 43.0 Å². The smallest absolute Gasteiger partial charge is 0.223 e. The molecule has 0 amide bonds. The molecule has 1 N–H and O–H groups in total. The Morgan fingerprint density at radius 3 is 2.81 bits per heavy atom. The number of nitrogens with one attached hydrogen (secondary N) is 1. The number of aromatic nitrogens is 6. The number of hydrogen-bond donors (Lipinski definition) is 1. The zero-order valence-electron chi connectivity index (χ0n) is 16.9. The number of anilines is 1. The van der Waals surface area contributed by atoms with Gasteiger partial charge in [0.25, 0.3) is 0 Å². The summed E-state index contributed by atoms with van der Waals surface area (Å²) < 4.78 is 7.32. The van der Waals surface area contributed by atoms with Gasteiger partial charge in [0.15, 0.2) is 5.65 Å². The molecule has 5 rings (SSSR count). The predicted molar refractivity (Wildman–Crippen MR) is 118 cm³/mol. The molecule has 1 fully saturated rings. The van der Waals surface area contributed by atoms with E-state index in [0.717, 1.165) is 66.8 Å². The van der Waals surface area contributed by atoms with Crippen molar-refractivity contribution in [3.05, 3.63) is 65.3 Å². The number of ether oxygens (including phenoxy) is 1. The number of fused-ring (bicyclic) bond motifs is 1. The molecule has 158 valence electrons. The molecule has 4 heterocycles. The van der Waals surface area contributed by atoms with Crippen LogP contribution < -0.4 is 5.32 Å². The first kappa shape index (κ1) is 19.8. The first-order valence-corrected chi connectivity index (χ1v) is 10.7. The second kappa shape index (κ2) is 8.95. The zero-order chi connectivity index (χ0) is 21.0. The van der Waals surface area contributed by atoms with Crippen molar-refractivity contribution in [2.45, 2.75) is 31.7 Å². The van der Waals surface area contributed by atoms with E-state index in [1.165, 1.54) is 5.56 Å². The van der Waals surface area contributed by atoms with E-state index in [-0.39, 0.29) is 0 Å². The summed E-state index contributed by atoms with van der Waals surface area (Å²) in [4.78, 5) is 13.6. The van der Waals surface area contributed by atoms with E-state index < -0.39 is 0 Å². The number of aryl methyl sites for hydroxylation is 2. The summed E-state index contributed by atoms with van der Waals surface area (Å²) in [6.07, 6.45) is 6.98. The van der Waals surface area contributed by atoms with Crippen molar-refractivity contribution in [2.75, 3.05) is 18.5 Å². The molecule has 4 aromatic rings. The van der Waals surface area contributed by atoms with Gasteiger partial charge in [-0.15, -0.1) is 10.2 Å². The lowest BCUT2D eigenvalue weighted by molar-refractivity contribution is 0.0903. The molecule has 31 heavy (non-hydrogen) atoms. The summed E-state index contributed by atoms with van der Waals surface area (Å²) in [7, 11) is 0. The van der Waals surface area contributed by atoms with Gasteiger partial charge in [-0.2, -0.15) is 0 Å². The SMILES string of the molecule is Clc1cccc(CCc2nnc3cc(-c4ccnc(NC5CCOCC5)n4)ncn23)c1. The summed E-state index contributed by atoms with van der Waals surface area (Å²) in [5.41, 5.74) is 3.39. The Bertz CT molecular complexity index is 1190. The van der Waals surface area contributed by atoms with Crippen molar-refractivity contribution >= 4 is 23.2 Å². The highest BCUT2D eigenvalue weighted by Gasteiger charge is 2.15. The Labute approximate surface area is 184 Å². The van der Waals surface area contributed by atoms with Gasteiger partial charge in [-0.3, -0.25) is 4.40 Å². The number of nitrogens with zero attached hydrogens (tertiary/aromatic N) is 6. The summed E-state index contributed by atoms with van der Waals surface area (Å²) in [5, 5.41) is 12.8. The van der Waals surface area contributed by atoms with Crippen LogP contribution in [0.15, 0.2) is 48.9 Å². The molecule has 0 unspecified atom stereocenters. The fourth-order valence-corrected chi connectivity index (χ4v) is 3.91. The topological polar surface area (TPSA) is 90.1 Å². The van der Waals surface area contributed by atoms with Crippen LogP contribution >= 0.6 is 11.6 Å². The number of hydrogen-bond acceptors (Lipinski definition) is 7. The Morgan fingerprint density at radius 1 is 1.03 bits per heavy atom. The molecule has 8 nitrogen and oxygen atoms in total. The predicted octanol–water partition coefficient (Wildman–Crippen LogP) is 3.61. The number of halogens is 1. The largest absolute Gasteiger partial charge is 0.381 e. The third-order valence-corrected chi connectivity index (χ3v) is 5.60. The van der Waals surface area contributed by atoms with Crippen LogP contribution in [-0.2, 0) is 17.6 Å². The van der Waals surface area contributed by atoms with Crippen molar-refractivity contribution in [1.82, 2.24) is 29.5 Å². The van der Waals surface area contributed by atoms with Crippen LogP contribution in [-0.4, -0.2) is 48.8 Å². The van der Waals surface area contributed by atoms with Gasteiger partial charge in [0.1, 0.15) is 12.2 Å². The van der Waals surface area contributed by atoms with Gasteiger partial charge in [0.05, 0.1) is 11.4 Å². The minimum atomic E-state index is 0.331. The maximum absolute atomic E-state index is 6.08. The van der Waals surface area contributed by atoms with E-state index in [9.17, 15) is 0 Å². The van der Waals surface area contributed by atoms with Crippen molar-refractivity contribution < 1.29 is 4.74 Å². The lowest BCUT2D eigenvalue weighted by Crippen LogP contribution is -2.28. The van der Waals surface area contributed by atoms with Gasteiger partial charge in [0.2, 0.25) is 5.95 Å². The minimum absolute atomic E-state index is 0.331. The van der Waals surface area contributed by atoms with E-state index in [4.69, 9.17) is 16.3 Å². The molecule has 1 saturated heterocycles. The molecule has 1 aromatic carbocycles. The van der Waals surface area contributed by atoms with Crippen LogP contribution in [0.2, 0.25) is 5.02 Å². The van der Waals surface area contributed by atoms with Gasteiger partial charge in [-0.25, -0.2) is 15.0 Å². The van der Waals surface area contributed by atoms with Crippen LogP contribution in [0.25, 0.3) is 17.0 Å². The van der Waals surface area contributed by atoms with E-state index in [2.05, 4.69) is 36.5 Å². The molecule has 0 radical (unpaired) electrons. The molecule has 0 aliphatic carbocycles. The molecule has 9 heteroatoms. The molecule has 0 atom stereocenters. The summed E-state index contributed by atoms with van der Waals surface area (Å²) in [6.45, 7) is 1.53. The van der Waals surface area contributed by atoms with Crippen LogP contribution in [0.5, 0.6) is 0 Å². The lowest BCUT2D eigenvalue weighted by Gasteiger charge is -2.23. The Balaban J connectivity index is 1.33. The Kier molecular flexibility index (Phi) is 5.73. The fourth-order valence-electron chi connectivity index (χ4n) is 3.70. The molecule has 3 aromatic heterocycles. The summed E-state index contributed by atoms with van der Waals surface area (Å²) in [6, 6.07) is 12.0. The molecule has 1 aliphatic heterocycles. The number of benzene rings is 1. The average molecular weight is 436 g/mol. The summed E-state index contributed by atoms with van der Waals surface area (Å²) >= 11 is 6.08. The standard InChI is InChI=1S/C22H22ClN7O/c23-16-3-1-2-15(12-16)4-5-20-28-29-21-13-19(25-14-30(20)21)18-6-9-24-22(27-18)26-17-7-10-31-11-8-17/h1-3,6,9,12-14,17H,4-5,7-8,10-11H2,(H,24,26,27). The lowest BCUT2D eigenvalue weighted by atomic mass is 10.1. The third kappa shape index (κ3) is 4.65. The quantitative estimate of drug-likeness (QED) is 0.494. The highest BCUT2D eigenvalue weighted by molar-refractivity contribution is 6.30. The normalized spacial score (nSPS) is 14.7. The van der Waals surface area contributed by atoms with Crippen LogP contribution in [0.3, 0.4) is 0 Å². The van der Waals surface area contributed by atoms with E-state index in [1.807, 2.05) is 34.7 Å². The van der Waals surface area contributed by atoms with Crippen molar-refractivity contribution in [3.63, 3.8) is 0 Å². The molecule has 0 saturated carbocycles. The zero-order valence-corrected chi connectivity index (χ0v) is 17.7. The van der Waals surface area contributed by atoms with Crippen molar-refractivity contribution in [1.29, 1.82) is 0 Å². The van der Waals surface area contributed by atoms with Crippen LogP contribution in [0, 0.1) is 0 Å². The molecule has 1 aliphatic rings. The van der Waals surface area contributed by atoms with Gasteiger partial charge in [-0.1, -0.05) is 23.7 Å². The second-order valence-corrected chi connectivity index (χ2v) is 7.98. The molecular weight excluding hydrogens is 414 g/mol. The van der Waals surface area contributed by atoms with Gasteiger partial charge < -0.3 is 10.1 Å². The Hall–Kier alpha value is -3.10. The van der Waals surface area contributed by atoms with Crippen molar-refractivity contribution in [2.24, 2.45) is 0 Å². The van der Waals surface area contributed by atoms with E-state index in [0.29, 0.717) is 12.0 Å². The van der Waals surface area contributed by atoms with E-state index >= 15 is 0 Å². The highest BCUT2D eigenvalue weighted by atomic mass is 35.5. The second-order valence-electron chi connectivity index (χ2n) is 7.54. The summed E-state index contributed by atoms with van der Waals surface area (Å²) in [5.74, 6) is 1.47. The van der Waals surface area contributed by atoms with Crippen LogP contribution in [0.4, 0.5) is 5.95 Å². The highest BCUT2D eigenvalue weighted by Crippen LogP contribution is 2.19. The fraction of sp³-hybridized carbons (Fsp3) is 0.318. The molecular formula is C22H22ClN7O. The monoisotopic (exact) mass is 435 g/mol. The first-order valence-electron chi connectivity index (χ1n) is 10.4. The number of rotatable bonds is 6. The molecule has 0 bridgehead atoms. The first-order chi connectivity index (χ1) is 15.2. The third-order valence-electron chi connectivity index (χ3n) is 5.37. The average Bonchev–Trinajstić information content (AvgIpc) is 3.21. The maximum atomic E-state index is 6.08. The van der Waals surface area contributed by atoms with Crippen molar-refractivity contribution in [3.8, 4) is 11.4 Å². The van der Waals surface area contributed by atoms with Crippen LogP contribution in [0.1, 0.15) is 24.2 Å². The Morgan fingerprint density at radius 2 is 1.94 bits per heavy atom. The van der Waals surface area contributed by atoms with Gasteiger partial charge in [0, 0.05) is 43.0 Å².